The summed E-state index contributed by atoms with van der Waals surface area (Å²) in [5.74, 6) is -3.95. The van der Waals surface area contributed by atoms with Gasteiger partial charge in [0.2, 0.25) is 0 Å². The molecule has 1 aliphatic heterocycles. The van der Waals surface area contributed by atoms with Crippen molar-refractivity contribution in [3.8, 4) is 5.75 Å². The average Bonchev–Trinajstić information content (AvgIpc) is 2.78. The molecule has 0 atom stereocenters. The van der Waals surface area contributed by atoms with Gasteiger partial charge in [-0.3, -0.25) is 0 Å². The molecule has 0 bridgehead atoms. The summed E-state index contributed by atoms with van der Waals surface area (Å²) in [5, 5.41) is 0. The summed E-state index contributed by atoms with van der Waals surface area (Å²) in [4.78, 5) is 0.698. The largest absolute Gasteiger partial charge is 0.487 e. The fourth-order valence-electron chi connectivity index (χ4n) is 3.15. The van der Waals surface area contributed by atoms with Crippen molar-refractivity contribution in [3.05, 3.63) is 89.4 Å². The number of alkyl halides is 4. The molecule has 0 amide bonds. The van der Waals surface area contributed by atoms with Crippen molar-refractivity contribution in [2.75, 3.05) is 13.2 Å². The molecule has 0 aromatic heterocycles. The first-order chi connectivity index (χ1) is 15.7. The van der Waals surface area contributed by atoms with E-state index in [1.54, 1.807) is 18.2 Å². The van der Waals surface area contributed by atoms with Crippen molar-refractivity contribution in [3.63, 3.8) is 0 Å². The highest BCUT2D eigenvalue weighted by Crippen LogP contribution is 2.42. The number of nitrogens with zero attached hydrogens (tertiary/aromatic N) is 1. The Bertz CT molecular complexity index is 1010. The van der Waals surface area contributed by atoms with Crippen LogP contribution in [0.5, 0.6) is 5.75 Å². The van der Waals surface area contributed by atoms with E-state index in [1.165, 1.54) is 12.1 Å². The minimum Gasteiger partial charge on any atom is -0.487 e. The van der Waals surface area contributed by atoms with E-state index in [4.69, 9.17) is 0 Å². The van der Waals surface area contributed by atoms with Crippen molar-refractivity contribution < 1.29 is 35.5 Å². The van der Waals surface area contributed by atoms with Crippen LogP contribution in [0.2, 0.25) is 0 Å². The predicted molar refractivity (Wildman–Crippen MR) is 114 cm³/mol. The topological polar surface area (TPSA) is 12.5 Å². The molecule has 0 saturated heterocycles. The highest BCUT2D eigenvalue weighted by Gasteiger charge is 2.32. The lowest BCUT2D eigenvalue weighted by atomic mass is 9.93. The molecular formula is C24H22F7NO. The highest BCUT2D eigenvalue weighted by atomic mass is 19.3. The third-order valence-electron chi connectivity index (χ3n) is 4.43. The first-order valence-corrected chi connectivity index (χ1v) is 10.0. The molecule has 0 fully saturated rings. The van der Waals surface area contributed by atoms with Crippen LogP contribution in [0, 0.1) is 11.6 Å². The van der Waals surface area contributed by atoms with Gasteiger partial charge in [-0.05, 0) is 11.6 Å². The Morgan fingerprint density at radius 2 is 1.48 bits per heavy atom. The van der Waals surface area contributed by atoms with E-state index in [2.05, 4.69) is 11.3 Å². The maximum atomic E-state index is 14.9. The monoisotopic (exact) mass is 473 g/mol. The van der Waals surface area contributed by atoms with Gasteiger partial charge in [0.05, 0.1) is 23.5 Å². The number of benzene rings is 2. The lowest BCUT2D eigenvalue weighted by molar-refractivity contribution is 0.0815. The van der Waals surface area contributed by atoms with Crippen molar-refractivity contribution in [2.45, 2.75) is 26.7 Å². The van der Waals surface area contributed by atoms with Crippen LogP contribution in [0.3, 0.4) is 0 Å². The molecule has 2 nitrogen and oxygen atoms in total. The summed E-state index contributed by atoms with van der Waals surface area (Å²) in [7, 11) is 0. The average molecular weight is 473 g/mol. The van der Waals surface area contributed by atoms with E-state index in [9.17, 15) is 30.7 Å². The Kier molecular flexibility index (Phi) is 9.13. The second kappa shape index (κ2) is 11.6. The summed E-state index contributed by atoms with van der Waals surface area (Å²) in [6, 6.07) is 9.18. The highest BCUT2D eigenvalue weighted by molar-refractivity contribution is 5.97. The molecule has 2 aromatic carbocycles. The van der Waals surface area contributed by atoms with Crippen molar-refractivity contribution in [1.82, 2.24) is 4.90 Å². The molecule has 0 unspecified atom stereocenters. The van der Waals surface area contributed by atoms with Crippen molar-refractivity contribution in [2.24, 2.45) is 0 Å². The third-order valence-corrected chi connectivity index (χ3v) is 4.43. The first-order valence-electron chi connectivity index (χ1n) is 10.0. The second-order valence-corrected chi connectivity index (χ2v) is 6.53. The number of allylic oxidation sites excluding steroid dienone is 3. The first kappa shape index (κ1) is 26.0. The summed E-state index contributed by atoms with van der Waals surface area (Å²) in [6.45, 7) is 5.26. The van der Waals surface area contributed by atoms with Crippen LogP contribution in [0.15, 0.2) is 66.6 Å². The van der Waals surface area contributed by atoms with Crippen LogP contribution in [0.25, 0.3) is 11.3 Å². The molecule has 33 heavy (non-hydrogen) atoms. The van der Waals surface area contributed by atoms with Gasteiger partial charge in [0, 0.05) is 17.7 Å². The zero-order valence-corrected chi connectivity index (χ0v) is 17.9. The summed E-state index contributed by atoms with van der Waals surface area (Å²) in [5.41, 5.74) is -1.34. The van der Waals surface area contributed by atoms with Crippen LogP contribution >= 0.6 is 0 Å². The van der Waals surface area contributed by atoms with Crippen LogP contribution in [-0.4, -0.2) is 30.9 Å². The maximum Gasteiger partial charge on any atom is 0.272 e. The van der Waals surface area contributed by atoms with E-state index >= 15 is 0 Å². The van der Waals surface area contributed by atoms with E-state index < -0.39 is 60.5 Å². The molecular weight excluding hydrogens is 451 g/mol. The zero-order chi connectivity index (χ0) is 24.7. The van der Waals surface area contributed by atoms with E-state index in [-0.39, 0.29) is 11.3 Å². The minimum absolute atomic E-state index is 0.0507. The molecule has 2 aromatic rings. The maximum absolute atomic E-state index is 14.9. The molecule has 3 rings (SSSR count). The third kappa shape index (κ3) is 6.18. The van der Waals surface area contributed by atoms with Crippen LogP contribution in [0.1, 0.15) is 25.0 Å². The summed E-state index contributed by atoms with van der Waals surface area (Å²) >= 11 is 0. The molecule has 0 spiro atoms. The lowest BCUT2D eigenvalue weighted by Gasteiger charge is -2.34. The molecule has 0 N–H and O–H groups in total. The molecule has 178 valence electrons. The lowest BCUT2D eigenvalue weighted by Crippen LogP contribution is -2.30. The molecule has 9 heteroatoms. The smallest absolute Gasteiger partial charge is 0.272 e. The number of hydrogen-bond donors (Lipinski definition) is 0. The van der Waals surface area contributed by atoms with Gasteiger partial charge in [-0.1, -0.05) is 50.8 Å². The van der Waals surface area contributed by atoms with Gasteiger partial charge in [-0.25, -0.2) is 30.7 Å². The number of rotatable bonds is 7. The van der Waals surface area contributed by atoms with Crippen molar-refractivity contribution >= 4 is 11.3 Å². The van der Waals surface area contributed by atoms with Gasteiger partial charge < -0.3 is 9.64 Å². The van der Waals surface area contributed by atoms with Gasteiger partial charge in [0.15, 0.2) is 0 Å². The summed E-state index contributed by atoms with van der Waals surface area (Å²) in [6.07, 6.45) is -4.89. The fourth-order valence-corrected chi connectivity index (χ4v) is 3.15. The normalized spacial score (nSPS) is 13.8. The number of ether oxygens (including phenoxy) is 1. The van der Waals surface area contributed by atoms with Crippen LogP contribution in [-0.2, 0) is 0 Å². The SMILES string of the molecule is C=C1C(F)=CC(c2ccccc2)=C(c2c(F)cc(OCC(F)F)cc2F)N1CC(F)F.CC. The van der Waals surface area contributed by atoms with Crippen LogP contribution in [0.4, 0.5) is 30.7 Å². The van der Waals surface area contributed by atoms with Crippen LogP contribution < -0.4 is 4.74 Å². The number of halogens is 7. The molecule has 0 radical (unpaired) electrons. The Labute approximate surface area is 187 Å². The summed E-state index contributed by atoms with van der Waals surface area (Å²) < 4.78 is 100. The van der Waals surface area contributed by atoms with E-state index in [0.29, 0.717) is 22.6 Å². The molecule has 1 heterocycles. The Morgan fingerprint density at radius 3 is 2.00 bits per heavy atom. The Morgan fingerprint density at radius 1 is 0.909 bits per heavy atom. The van der Waals surface area contributed by atoms with Gasteiger partial charge in [0.25, 0.3) is 12.9 Å². The Hall–Kier alpha value is -3.23. The predicted octanol–water partition coefficient (Wildman–Crippen LogP) is 7.45. The molecule has 0 aliphatic carbocycles. The quantitative estimate of drug-likeness (QED) is 0.387. The van der Waals surface area contributed by atoms with Crippen molar-refractivity contribution in [1.29, 1.82) is 0 Å². The van der Waals surface area contributed by atoms with Gasteiger partial charge in [0.1, 0.15) is 29.8 Å². The van der Waals surface area contributed by atoms with Gasteiger partial charge in [-0.2, -0.15) is 0 Å². The van der Waals surface area contributed by atoms with E-state index in [0.717, 1.165) is 6.08 Å². The standard InChI is InChI=1S/C22H16F7NO.C2H6/c1-12-16(23)9-15(13-5-3-2-4-6-13)22(30(12)10-19(26)27)21-17(24)7-14(8-18(21)25)31-11-20(28)29;1-2/h2-9,19-20H,1,10-11H2;1-2H3. The second-order valence-electron chi connectivity index (χ2n) is 6.53. The molecule has 1 aliphatic rings. The van der Waals surface area contributed by atoms with Gasteiger partial charge >= 0.3 is 0 Å². The zero-order valence-electron chi connectivity index (χ0n) is 17.9. The fraction of sp³-hybridized carbons (Fsp3) is 0.250. The Balaban J connectivity index is 0.00000187. The molecule has 0 saturated carbocycles. The van der Waals surface area contributed by atoms with E-state index in [1.807, 2.05) is 13.8 Å². The number of hydrogen-bond acceptors (Lipinski definition) is 2. The minimum atomic E-state index is -2.98. The van der Waals surface area contributed by atoms with Gasteiger partial charge in [-0.15, -0.1) is 0 Å².